The fourth-order valence-corrected chi connectivity index (χ4v) is 0.375. The molecule has 0 bridgehead atoms. The van der Waals surface area contributed by atoms with Crippen LogP contribution in [0.1, 0.15) is 35.1 Å². The van der Waals surface area contributed by atoms with Gasteiger partial charge in [-0.05, 0) is 27.7 Å². The molecule has 1 rings (SSSR count). The lowest BCUT2D eigenvalue weighted by molar-refractivity contribution is -0.136. The molecule has 96 valence electrons. The number of ether oxygens (including phenoxy) is 2. The van der Waals surface area contributed by atoms with Gasteiger partial charge in [0.2, 0.25) is 0 Å². The Labute approximate surface area is 100 Å². The highest BCUT2D eigenvalue weighted by Crippen LogP contribution is 2.04. The molecular formula is C13H26O3. The van der Waals surface area contributed by atoms with Crippen molar-refractivity contribution in [2.45, 2.75) is 41.2 Å². The SMILES string of the molecule is C.C/C=C(\C)C(=O)OC.C=CC.CC1CO1. The normalized spacial score (nSPS) is 16.3. The quantitative estimate of drug-likeness (QED) is 0.300. The maximum Gasteiger partial charge on any atom is 0.333 e. The summed E-state index contributed by atoms with van der Waals surface area (Å²) in [6.45, 7) is 11.8. The van der Waals surface area contributed by atoms with E-state index >= 15 is 0 Å². The summed E-state index contributed by atoms with van der Waals surface area (Å²) < 4.78 is 9.10. The number of carbonyl (C=O) groups is 1. The van der Waals surface area contributed by atoms with Gasteiger partial charge in [0.1, 0.15) is 0 Å². The zero-order valence-corrected chi connectivity index (χ0v) is 10.4. The van der Waals surface area contributed by atoms with Crippen LogP contribution in [-0.4, -0.2) is 25.8 Å². The van der Waals surface area contributed by atoms with Crippen LogP contribution in [0.2, 0.25) is 0 Å². The van der Waals surface area contributed by atoms with Gasteiger partial charge in [-0.1, -0.05) is 19.6 Å². The van der Waals surface area contributed by atoms with Crippen LogP contribution in [0.3, 0.4) is 0 Å². The number of hydrogen-bond donors (Lipinski definition) is 0. The fraction of sp³-hybridized carbons (Fsp3) is 0.615. The van der Waals surface area contributed by atoms with Crippen LogP contribution in [0, 0.1) is 0 Å². The Morgan fingerprint density at radius 1 is 1.50 bits per heavy atom. The highest BCUT2D eigenvalue weighted by atomic mass is 16.6. The number of carbonyl (C=O) groups excluding carboxylic acids is 1. The summed E-state index contributed by atoms with van der Waals surface area (Å²) in [4.78, 5) is 10.5. The second-order valence-electron chi connectivity index (χ2n) is 3.02. The van der Waals surface area contributed by atoms with E-state index in [4.69, 9.17) is 4.74 Å². The van der Waals surface area contributed by atoms with Gasteiger partial charge in [-0.2, -0.15) is 0 Å². The van der Waals surface area contributed by atoms with Crippen molar-refractivity contribution in [1.82, 2.24) is 0 Å². The minimum Gasteiger partial charge on any atom is -0.466 e. The molecule has 1 heterocycles. The van der Waals surface area contributed by atoms with Crippen LogP contribution in [0.25, 0.3) is 0 Å². The van der Waals surface area contributed by atoms with E-state index in [0.29, 0.717) is 11.7 Å². The van der Waals surface area contributed by atoms with E-state index in [1.165, 1.54) is 7.11 Å². The summed E-state index contributed by atoms with van der Waals surface area (Å²) in [6, 6.07) is 0. The van der Waals surface area contributed by atoms with Crippen LogP contribution >= 0.6 is 0 Å². The largest absolute Gasteiger partial charge is 0.466 e. The summed E-state index contributed by atoms with van der Waals surface area (Å²) >= 11 is 0. The van der Waals surface area contributed by atoms with Crippen molar-refractivity contribution in [1.29, 1.82) is 0 Å². The van der Waals surface area contributed by atoms with Crippen molar-refractivity contribution in [3.05, 3.63) is 24.3 Å². The van der Waals surface area contributed by atoms with Crippen LogP contribution in [0.15, 0.2) is 24.3 Å². The average molecular weight is 230 g/mol. The third-order valence-electron chi connectivity index (χ3n) is 1.44. The molecule has 3 heteroatoms. The molecule has 0 aliphatic carbocycles. The van der Waals surface area contributed by atoms with E-state index in [9.17, 15) is 4.79 Å². The van der Waals surface area contributed by atoms with Gasteiger partial charge in [0.15, 0.2) is 0 Å². The zero-order valence-electron chi connectivity index (χ0n) is 10.4. The zero-order chi connectivity index (χ0) is 12.3. The molecule has 1 unspecified atom stereocenters. The molecule has 1 saturated heterocycles. The molecule has 1 aliphatic heterocycles. The highest BCUT2D eigenvalue weighted by Gasteiger charge is 2.13. The molecule has 0 radical (unpaired) electrons. The Kier molecular flexibility index (Phi) is 17.7. The summed E-state index contributed by atoms with van der Waals surface area (Å²) in [5.74, 6) is -0.257. The monoisotopic (exact) mass is 230 g/mol. The minimum absolute atomic E-state index is 0. The molecule has 0 aromatic carbocycles. The Hall–Kier alpha value is -1.09. The molecule has 3 nitrogen and oxygen atoms in total. The van der Waals surface area contributed by atoms with Crippen molar-refractivity contribution >= 4 is 5.97 Å². The maximum absolute atomic E-state index is 10.5. The molecule has 0 aromatic heterocycles. The Morgan fingerprint density at radius 3 is 1.88 bits per heavy atom. The van der Waals surface area contributed by atoms with Crippen LogP contribution in [0.5, 0.6) is 0 Å². The number of methoxy groups -OCH3 is 1. The summed E-state index contributed by atoms with van der Waals surface area (Å²) in [5.41, 5.74) is 0.646. The Bertz CT molecular complexity index is 203. The molecule has 0 amide bonds. The lowest BCUT2D eigenvalue weighted by Crippen LogP contribution is -2.00. The highest BCUT2D eigenvalue weighted by molar-refractivity contribution is 5.87. The number of allylic oxidation sites excluding steroid dienone is 2. The van der Waals surface area contributed by atoms with E-state index in [-0.39, 0.29) is 13.4 Å². The summed E-state index contributed by atoms with van der Waals surface area (Å²) in [7, 11) is 1.37. The average Bonchev–Trinajstić information content (AvgIpc) is 3.00. The van der Waals surface area contributed by atoms with E-state index in [2.05, 4.69) is 18.2 Å². The van der Waals surface area contributed by atoms with Crippen LogP contribution < -0.4 is 0 Å². The topological polar surface area (TPSA) is 38.8 Å². The third kappa shape index (κ3) is 18.6. The number of rotatable bonds is 1. The summed E-state index contributed by atoms with van der Waals surface area (Å²) in [6.07, 6.45) is 4.05. The number of epoxide rings is 1. The molecule has 1 atom stereocenters. The van der Waals surface area contributed by atoms with Gasteiger partial charge in [-0.25, -0.2) is 4.79 Å². The van der Waals surface area contributed by atoms with Crippen LogP contribution in [0.4, 0.5) is 0 Å². The smallest absolute Gasteiger partial charge is 0.333 e. The molecule has 0 saturated carbocycles. The van der Waals surface area contributed by atoms with E-state index < -0.39 is 0 Å². The first-order valence-electron chi connectivity index (χ1n) is 4.93. The lowest BCUT2D eigenvalue weighted by atomic mass is 10.3. The molecule has 1 aliphatic rings. The van der Waals surface area contributed by atoms with Crippen molar-refractivity contribution in [2.75, 3.05) is 13.7 Å². The minimum atomic E-state index is -0.257. The van der Waals surface area contributed by atoms with Gasteiger partial charge in [0.25, 0.3) is 0 Å². The van der Waals surface area contributed by atoms with Gasteiger partial charge in [0, 0.05) is 5.57 Å². The molecule has 0 spiro atoms. The predicted octanol–water partition coefficient (Wildman–Crippen LogP) is 3.36. The van der Waals surface area contributed by atoms with E-state index in [1.54, 1.807) is 26.0 Å². The molecule has 1 fully saturated rings. The van der Waals surface area contributed by atoms with Crippen molar-refractivity contribution < 1.29 is 14.3 Å². The second-order valence-corrected chi connectivity index (χ2v) is 3.02. The predicted molar refractivity (Wildman–Crippen MR) is 69.5 cm³/mol. The molecule has 0 aromatic rings. The lowest BCUT2D eigenvalue weighted by Gasteiger charge is -1.93. The van der Waals surface area contributed by atoms with Crippen molar-refractivity contribution in [2.24, 2.45) is 0 Å². The third-order valence-corrected chi connectivity index (χ3v) is 1.44. The van der Waals surface area contributed by atoms with Gasteiger partial charge < -0.3 is 9.47 Å². The standard InChI is InChI=1S/C6H10O2.C3H6O.C3H6.CH4/c1-4-5(2)6(7)8-3;1-3-2-4-3;1-3-2;/h4H,1-3H3;3H,2H2,1H3;3H,1H2,2H3;1H4/b5-4+;;;. The first kappa shape index (κ1) is 20.3. The Balaban J connectivity index is -0.000000177. The van der Waals surface area contributed by atoms with Gasteiger partial charge in [-0.3, -0.25) is 0 Å². The van der Waals surface area contributed by atoms with Gasteiger partial charge in [-0.15, -0.1) is 6.58 Å². The van der Waals surface area contributed by atoms with Gasteiger partial charge in [0.05, 0.1) is 19.8 Å². The molecule has 16 heavy (non-hydrogen) atoms. The molecular weight excluding hydrogens is 204 g/mol. The van der Waals surface area contributed by atoms with Gasteiger partial charge >= 0.3 is 5.97 Å². The first-order chi connectivity index (χ1) is 7.03. The van der Waals surface area contributed by atoms with E-state index in [0.717, 1.165) is 6.61 Å². The number of hydrogen-bond acceptors (Lipinski definition) is 3. The van der Waals surface area contributed by atoms with E-state index in [1.807, 2.05) is 6.92 Å². The maximum atomic E-state index is 10.5. The molecule has 0 N–H and O–H groups in total. The second kappa shape index (κ2) is 13.9. The summed E-state index contributed by atoms with van der Waals surface area (Å²) in [5, 5.41) is 0. The first-order valence-corrected chi connectivity index (χ1v) is 4.93. The number of esters is 1. The Morgan fingerprint density at radius 2 is 1.81 bits per heavy atom. The van der Waals surface area contributed by atoms with Crippen molar-refractivity contribution in [3.63, 3.8) is 0 Å². The van der Waals surface area contributed by atoms with Crippen LogP contribution in [-0.2, 0) is 14.3 Å². The fourth-order valence-electron chi connectivity index (χ4n) is 0.375. The van der Waals surface area contributed by atoms with Crippen molar-refractivity contribution in [3.8, 4) is 0 Å².